The minimum absolute atomic E-state index is 0.164. The molecule has 0 saturated heterocycles. The summed E-state index contributed by atoms with van der Waals surface area (Å²) in [5, 5.41) is 12.6. The van der Waals surface area contributed by atoms with Crippen LogP contribution in [0, 0.1) is 0 Å². The molecule has 0 aliphatic heterocycles. The first-order valence-corrected chi connectivity index (χ1v) is 5.10. The normalized spacial score (nSPS) is 15.2. The van der Waals surface area contributed by atoms with Crippen LogP contribution in [0.1, 0.15) is 18.5 Å². The second-order valence-electron chi connectivity index (χ2n) is 3.78. The number of hydrogen-bond acceptors (Lipinski definition) is 4. The Hall–Kier alpha value is -1.59. The number of aliphatic hydroxyl groups is 1. The number of oxazole rings is 1. The molecule has 2 rings (SSSR count). The molecule has 2 aromatic rings. The van der Waals surface area contributed by atoms with E-state index in [0.717, 1.165) is 5.56 Å². The number of benzene rings is 1. The van der Waals surface area contributed by atoms with Gasteiger partial charge in [-0.15, -0.1) is 0 Å². The number of aromatic amines is 1. The summed E-state index contributed by atoms with van der Waals surface area (Å²) in [4.78, 5) is 13.6. The van der Waals surface area contributed by atoms with Gasteiger partial charge in [-0.25, -0.2) is 4.79 Å². The van der Waals surface area contributed by atoms with E-state index in [-0.39, 0.29) is 6.04 Å². The summed E-state index contributed by atoms with van der Waals surface area (Å²) in [5.41, 5.74) is 2.07. The lowest BCUT2D eigenvalue weighted by Gasteiger charge is -2.19. The van der Waals surface area contributed by atoms with Gasteiger partial charge < -0.3 is 14.8 Å². The van der Waals surface area contributed by atoms with E-state index < -0.39 is 11.9 Å². The van der Waals surface area contributed by atoms with Crippen LogP contribution < -0.4 is 11.1 Å². The second kappa shape index (κ2) is 4.11. The van der Waals surface area contributed by atoms with Gasteiger partial charge in [-0.3, -0.25) is 4.98 Å². The van der Waals surface area contributed by atoms with Crippen molar-refractivity contribution in [2.24, 2.45) is 0 Å². The summed E-state index contributed by atoms with van der Waals surface area (Å²) in [6.07, 6.45) is -0.513. The van der Waals surface area contributed by atoms with Gasteiger partial charge in [0.05, 0.1) is 17.7 Å². The smallest absolute Gasteiger partial charge is 0.408 e. The zero-order valence-electron chi connectivity index (χ0n) is 9.15. The van der Waals surface area contributed by atoms with Crippen LogP contribution in [0.4, 0.5) is 0 Å². The van der Waals surface area contributed by atoms with E-state index in [4.69, 9.17) is 4.42 Å². The molecule has 0 saturated carbocycles. The van der Waals surface area contributed by atoms with Crippen LogP contribution in [-0.4, -0.2) is 23.2 Å². The molecule has 2 unspecified atom stereocenters. The molecule has 0 fully saturated rings. The maximum absolute atomic E-state index is 11.0. The molecule has 0 radical (unpaired) electrons. The monoisotopic (exact) mass is 222 g/mol. The molecule has 1 aromatic heterocycles. The first-order valence-electron chi connectivity index (χ1n) is 5.10. The average Bonchev–Trinajstić information content (AvgIpc) is 2.57. The van der Waals surface area contributed by atoms with Crippen LogP contribution in [0.3, 0.4) is 0 Å². The number of rotatable bonds is 3. The number of likely N-dealkylation sites (N-methyl/N-ethyl adjacent to an activating group) is 1. The van der Waals surface area contributed by atoms with E-state index in [1.807, 2.05) is 6.07 Å². The van der Waals surface area contributed by atoms with Crippen molar-refractivity contribution in [1.82, 2.24) is 10.3 Å². The molecule has 0 bridgehead atoms. The molecule has 0 spiro atoms. The Morgan fingerprint density at radius 2 is 2.25 bits per heavy atom. The van der Waals surface area contributed by atoms with Gasteiger partial charge in [0.2, 0.25) is 0 Å². The van der Waals surface area contributed by atoms with E-state index in [9.17, 15) is 9.90 Å². The van der Waals surface area contributed by atoms with Crippen LogP contribution in [0.2, 0.25) is 0 Å². The SMILES string of the molecule is CNC(c1ccc2oc(=O)[nH]c2c1)C(C)O. The van der Waals surface area contributed by atoms with E-state index in [1.165, 1.54) is 0 Å². The molecule has 5 nitrogen and oxygen atoms in total. The number of hydrogen-bond donors (Lipinski definition) is 3. The molecule has 1 aromatic carbocycles. The Kier molecular flexibility index (Phi) is 2.80. The van der Waals surface area contributed by atoms with Crippen LogP contribution in [0.15, 0.2) is 27.4 Å². The molecule has 3 N–H and O–H groups in total. The van der Waals surface area contributed by atoms with Crippen molar-refractivity contribution in [3.8, 4) is 0 Å². The third kappa shape index (κ3) is 1.87. The molecular formula is C11H14N2O3. The summed E-state index contributed by atoms with van der Waals surface area (Å²) in [6.45, 7) is 1.71. The van der Waals surface area contributed by atoms with Crippen molar-refractivity contribution in [3.05, 3.63) is 34.3 Å². The highest BCUT2D eigenvalue weighted by Crippen LogP contribution is 2.20. The molecular weight excluding hydrogens is 208 g/mol. The van der Waals surface area contributed by atoms with Crippen molar-refractivity contribution in [1.29, 1.82) is 0 Å². The Balaban J connectivity index is 2.48. The van der Waals surface area contributed by atoms with Crippen LogP contribution in [-0.2, 0) is 0 Å². The van der Waals surface area contributed by atoms with Crippen LogP contribution >= 0.6 is 0 Å². The van der Waals surface area contributed by atoms with Gasteiger partial charge in [0.15, 0.2) is 5.58 Å². The molecule has 0 aliphatic carbocycles. The fraction of sp³-hybridized carbons (Fsp3) is 0.364. The minimum atomic E-state index is -0.513. The lowest BCUT2D eigenvalue weighted by Crippen LogP contribution is -2.26. The lowest BCUT2D eigenvalue weighted by molar-refractivity contribution is 0.150. The molecule has 5 heteroatoms. The molecule has 2 atom stereocenters. The van der Waals surface area contributed by atoms with Crippen molar-refractivity contribution < 1.29 is 9.52 Å². The first-order chi connectivity index (χ1) is 7.61. The predicted octanol–water partition coefficient (Wildman–Crippen LogP) is 0.762. The molecule has 86 valence electrons. The molecule has 0 aliphatic rings. The topological polar surface area (TPSA) is 78.3 Å². The maximum Gasteiger partial charge on any atom is 0.417 e. The van der Waals surface area contributed by atoms with E-state index >= 15 is 0 Å². The average molecular weight is 222 g/mol. The number of nitrogens with one attached hydrogen (secondary N) is 2. The zero-order valence-corrected chi connectivity index (χ0v) is 9.15. The van der Waals surface area contributed by atoms with Gasteiger partial charge in [0.1, 0.15) is 0 Å². The second-order valence-corrected chi connectivity index (χ2v) is 3.78. The fourth-order valence-electron chi connectivity index (χ4n) is 1.85. The van der Waals surface area contributed by atoms with Crippen molar-refractivity contribution in [3.63, 3.8) is 0 Å². The van der Waals surface area contributed by atoms with E-state index in [2.05, 4.69) is 10.3 Å². The first kappa shape index (κ1) is 10.9. The summed E-state index contributed by atoms with van der Waals surface area (Å²) < 4.78 is 4.90. The van der Waals surface area contributed by atoms with E-state index in [1.54, 1.807) is 26.1 Å². The van der Waals surface area contributed by atoms with Gasteiger partial charge >= 0.3 is 5.76 Å². The third-order valence-corrected chi connectivity index (χ3v) is 2.60. The van der Waals surface area contributed by atoms with E-state index in [0.29, 0.717) is 11.1 Å². The summed E-state index contributed by atoms with van der Waals surface area (Å²) in [7, 11) is 1.78. The standard InChI is InChI=1S/C11H14N2O3/c1-6(14)10(12-2)7-3-4-9-8(5-7)13-11(15)16-9/h3-6,10,12,14H,1-2H3,(H,13,15). The fourth-order valence-corrected chi connectivity index (χ4v) is 1.85. The quantitative estimate of drug-likeness (QED) is 0.716. The maximum atomic E-state index is 11.0. The molecule has 16 heavy (non-hydrogen) atoms. The number of H-pyrrole nitrogens is 1. The highest BCUT2D eigenvalue weighted by atomic mass is 16.4. The Bertz CT molecular complexity index is 541. The predicted molar refractivity (Wildman–Crippen MR) is 60.3 cm³/mol. The van der Waals surface area contributed by atoms with Crippen molar-refractivity contribution in [2.75, 3.05) is 7.05 Å². The number of aromatic nitrogens is 1. The highest BCUT2D eigenvalue weighted by Gasteiger charge is 2.15. The largest absolute Gasteiger partial charge is 0.417 e. The van der Waals surface area contributed by atoms with Gasteiger partial charge in [-0.05, 0) is 31.7 Å². The van der Waals surface area contributed by atoms with Gasteiger partial charge in [0.25, 0.3) is 0 Å². The molecule has 1 heterocycles. The summed E-state index contributed by atoms with van der Waals surface area (Å²) >= 11 is 0. The highest BCUT2D eigenvalue weighted by molar-refractivity contribution is 5.72. The Morgan fingerprint density at radius 1 is 1.50 bits per heavy atom. The van der Waals surface area contributed by atoms with Gasteiger partial charge in [-0.1, -0.05) is 6.07 Å². The van der Waals surface area contributed by atoms with Crippen LogP contribution in [0.25, 0.3) is 11.1 Å². The zero-order chi connectivity index (χ0) is 11.7. The minimum Gasteiger partial charge on any atom is -0.408 e. The summed E-state index contributed by atoms with van der Waals surface area (Å²) in [5.74, 6) is -0.467. The summed E-state index contributed by atoms with van der Waals surface area (Å²) in [6, 6.07) is 5.18. The van der Waals surface area contributed by atoms with Crippen molar-refractivity contribution in [2.45, 2.75) is 19.1 Å². The lowest BCUT2D eigenvalue weighted by atomic mass is 10.0. The van der Waals surface area contributed by atoms with Gasteiger partial charge in [-0.2, -0.15) is 0 Å². The Morgan fingerprint density at radius 3 is 2.88 bits per heavy atom. The Labute approximate surface area is 92.1 Å². The van der Waals surface area contributed by atoms with Crippen molar-refractivity contribution >= 4 is 11.1 Å². The van der Waals surface area contributed by atoms with Gasteiger partial charge in [0, 0.05) is 0 Å². The number of fused-ring (bicyclic) bond motifs is 1. The third-order valence-electron chi connectivity index (χ3n) is 2.60. The molecule has 0 amide bonds. The number of aliphatic hydroxyl groups excluding tert-OH is 1. The van der Waals surface area contributed by atoms with Crippen LogP contribution in [0.5, 0.6) is 0 Å².